The quantitative estimate of drug-likeness (QED) is 0.370. The van der Waals surface area contributed by atoms with Gasteiger partial charge in [0.05, 0.1) is 9.79 Å². The maximum absolute atomic E-state index is 13.9. The molecule has 2 aromatic rings. The molecule has 1 aliphatic heterocycles. The fourth-order valence-electron chi connectivity index (χ4n) is 1.84. The highest BCUT2D eigenvalue weighted by Gasteiger charge is 2.35. The Labute approximate surface area is 122 Å². The van der Waals surface area contributed by atoms with Crippen LogP contribution in [0.25, 0.3) is 0 Å². The highest BCUT2D eigenvalue weighted by atomic mass is 32.2. The number of anilines is 2. The van der Waals surface area contributed by atoms with Crippen LogP contribution in [-0.2, 0) is 0 Å². The van der Waals surface area contributed by atoms with Gasteiger partial charge in [0.15, 0.2) is 40.6 Å². The number of rotatable bonds is 0. The van der Waals surface area contributed by atoms with Crippen molar-refractivity contribution in [2.24, 2.45) is 0 Å². The summed E-state index contributed by atoms with van der Waals surface area (Å²) in [6.07, 6.45) is 0. The van der Waals surface area contributed by atoms with Crippen LogP contribution in [0.15, 0.2) is 9.79 Å². The molecule has 0 amide bonds. The molecule has 1 heterocycles. The van der Waals surface area contributed by atoms with Crippen LogP contribution in [0, 0.1) is 34.9 Å². The van der Waals surface area contributed by atoms with Crippen LogP contribution in [-0.4, -0.2) is 0 Å². The maximum Gasteiger partial charge on any atom is 0.204 e. The molecule has 0 bridgehead atoms. The van der Waals surface area contributed by atoms with E-state index in [1.807, 2.05) is 0 Å². The van der Waals surface area contributed by atoms with E-state index in [9.17, 15) is 26.3 Å². The number of nitrogens with two attached hydrogens (primary N) is 2. The molecule has 116 valence electrons. The summed E-state index contributed by atoms with van der Waals surface area (Å²) < 4.78 is 86.7. The van der Waals surface area contributed by atoms with Crippen LogP contribution in [0.1, 0.15) is 0 Å². The molecule has 0 aromatic heterocycles. The number of hydrogen-bond acceptors (Lipinski definition) is 4. The normalized spacial score (nSPS) is 12.6. The largest absolute Gasteiger partial charge is 0.448 e. The van der Waals surface area contributed by atoms with Gasteiger partial charge in [-0.2, -0.15) is 4.39 Å². The van der Waals surface area contributed by atoms with Crippen molar-refractivity contribution in [3.05, 3.63) is 34.9 Å². The number of benzene rings is 2. The number of nitrogen functional groups attached to an aromatic ring is 2. The molecule has 0 fully saturated rings. The van der Waals surface area contributed by atoms with Gasteiger partial charge in [0.25, 0.3) is 0 Å². The number of ether oxygens (including phenoxy) is 1. The second-order valence-corrected chi connectivity index (χ2v) is 5.25. The Bertz CT molecular complexity index is 706. The smallest absolute Gasteiger partial charge is 0.204 e. The fraction of sp³-hybridized carbons (Fsp3) is 0. The molecule has 2 aromatic carbocycles. The first kappa shape index (κ1) is 14.7. The molecule has 1 aliphatic rings. The molecule has 3 rings (SSSR count). The molecule has 0 atom stereocenters. The van der Waals surface area contributed by atoms with Crippen molar-refractivity contribution in [2.75, 3.05) is 11.5 Å². The summed E-state index contributed by atoms with van der Waals surface area (Å²) in [5.74, 6) is -11.7. The molecule has 0 unspecified atom stereocenters. The number of halogens is 6. The molecule has 0 spiro atoms. The lowest BCUT2D eigenvalue weighted by molar-refractivity contribution is 0.357. The van der Waals surface area contributed by atoms with Crippen molar-refractivity contribution in [3.8, 4) is 11.5 Å². The predicted molar refractivity (Wildman–Crippen MR) is 65.7 cm³/mol. The van der Waals surface area contributed by atoms with Gasteiger partial charge in [0.2, 0.25) is 5.82 Å². The Balaban J connectivity index is 2.32. The molecule has 0 aliphatic carbocycles. The third-order valence-corrected chi connectivity index (χ3v) is 4.09. The Kier molecular flexibility index (Phi) is 3.09. The Morgan fingerprint density at radius 2 is 1.05 bits per heavy atom. The maximum atomic E-state index is 13.9. The van der Waals surface area contributed by atoms with E-state index in [2.05, 4.69) is 4.74 Å². The summed E-state index contributed by atoms with van der Waals surface area (Å²) in [6, 6.07) is 0. The zero-order chi connectivity index (χ0) is 16.3. The molecule has 0 saturated carbocycles. The van der Waals surface area contributed by atoms with E-state index in [0.29, 0.717) is 0 Å². The lowest BCUT2D eigenvalue weighted by Crippen LogP contribution is -2.11. The van der Waals surface area contributed by atoms with Gasteiger partial charge >= 0.3 is 0 Å². The molecule has 0 radical (unpaired) electrons. The van der Waals surface area contributed by atoms with E-state index in [1.165, 1.54) is 0 Å². The fourth-order valence-corrected chi connectivity index (χ4v) is 2.87. The highest BCUT2D eigenvalue weighted by molar-refractivity contribution is 7.99. The number of hydrogen-bond donors (Lipinski definition) is 2. The lowest BCUT2D eigenvalue weighted by Gasteiger charge is -2.23. The van der Waals surface area contributed by atoms with Crippen molar-refractivity contribution < 1.29 is 31.1 Å². The zero-order valence-corrected chi connectivity index (χ0v) is 11.1. The van der Waals surface area contributed by atoms with Gasteiger partial charge < -0.3 is 16.2 Å². The summed E-state index contributed by atoms with van der Waals surface area (Å²) in [7, 11) is 0. The third kappa shape index (κ3) is 1.73. The van der Waals surface area contributed by atoms with Crippen molar-refractivity contribution in [3.63, 3.8) is 0 Å². The first-order valence-electron chi connectivity index (χ1n) is 5.53. The Morgan fingerprint density at radius 3 is 1.68 bits per heavy atom. The van der Waals surface area contributed by atoms with E-state index >= 15 is 0 Å². The molecule has 10 heteroatoms. The van der Waals surface area contributed by atoms with Crippen LogP contribution < -0.4 is 16.2 Å². The van der Waals surface area contributed by atoms with Crippen molar-refractivity contribution in [1.82, 2.24) is 0 Å². The average molecular weight is 338 g/mol. The minimum Gasteiger partial charge on any atom is -0.448 e. The van der Waals surface area contributed by atoms with Gasteiger partial charge in [-0.05, 0) is 0 Å². The average Bonchev–Trinajstić information content (AvgIpc) is 2.52. The van der Waals surface area contributed by atoms with E-state index in [-0.39, 0.29) is 11.8 Å². The van der Waals surface area contributed by atoms with Gasteiger partial charge in [-0.1, -0.05) is 11.8 Å². The van der Waals surface area contributed by atoms with Gasteiger partial charge in [-0.25, -0.2) is 22.0 Å². The van der Waals surface area contributed by atoms with Gasteiger partial charge in [0, 0.05) is 0 Å². The van der Waals surface area contributed by atoms with Crippen molar-refractivity contribution >= 4 is 23.1 Å². The van der Waals surface area contributed by atoms with Gasteiger partial charge in [-0.3, -0.25) is 0 Å². The molecule has 0 saturated heterocycles. The van der Waals surface area contributed by atoms with E-state index in [0.717, 1.165) is 0 Å². The molecule has 3 nitrogen and oxygen atoms in total. The Hall–Kier alpha value is -2.23. The zero-order valence-electron chi connectivity index (χ0n) is 10.2. The first-order chi connectivity index (χ1) is 10.3. The monoisotopic (exact) mass is 338 g/mol. The summed E-state index contributed by atoms with van der Waals surface area (Å²) in [6.45, 7) is 0. The van der Waals surface area contributed by atoms with Crippen molar-refractivity contribution in [2.45, 2.75) is 9.79 Å². The summed E-state index contributed by atoms with van der Waals surface area (Å²) in [5.41, 5.74) is 7.68. The van der Waals surface area contributed by atoms with Crippen molar-refractivity contribution in [1.29, 1.82) is 0 Å². The second-order valence-electron chi connectivity index (χ2n) is 4.23. The van der Waals surface area contributed by atoms with Gasteiger partial charge in [-0.15, -0.1) is 0 Å². The first-order valence-corrected chi connectivity index (χ1v) is 6.34. The van der Waals surface area contributed by atoms with Gasteiger partial charge in [0.1, 0.15) is 11.4 Å². The minimum atomic E-state index is -1.74. The van der Waals surface area contributed by atoms with Crippen LogP contribution in [0.3, 0.4) is 0 Å². The summed E-state index contributed by atoms with van der Waals surface area (Å²) in [5, 5.41) is 0. The minimum absolute atomic E-state index is 0.113. The molecular formula is C12H4F6N2OS. The van der Waals surface area contributed by atoms with E-state index in [4.69, 9.17) is 11.5 Å². The SMILES string of the molecule is Nc1c(F)c(F)c2c(c1F)Oc1c(F)c(F)c(N)c(F)c1S2. The van der Waals surface area contributed by atoms with E-state index in [1.54, 1.807) is 0 Å². The summed E-state index contributed by atoms with van der Waals surface area (Å²) >= 11 is 0.113. The molecule has 22 heavy (non-hydrogen) atoms. The third-order valence-electron chi connectivity index (χ3n) is 2.95. The van der Waals surface area contributed by atoms with Crippen LogP contribution in [0.4, 0.5) is 37.7 Å². The van der Waals surface area contributed by atoms with Crippen LogP contribution >= 0.6 is 11.8 Å². The molecular weight excluding hydrogens is 334 g/mol. The highest BCUT2D eigenvalue weighted by Crippen LogP contribution is 2.53. The predicted octanol–water partition coefficient (Wildman–Crippen LogP) is 3.94. The molecule has 4 N–H and O–H groups in total. The van der Waals surface area contributed by atoms with E-state index < -0.39 is 67.6 Å². The lowest BCUT2D eigenvalue weighted by atomic mass is 10.2. The van der Waals surface area contributed by atoms with Crippen LogP contribution in [0.5, 0.6) is 11.5 Å². The standard InChI is InChI=1S/C12H4F6N2OS/c13-1-3(15)9-12(6(18)8(1)20)22-11-4(16)2(14)7(19)5(17)10(11)21-9/h19-20H2. The second kappa shape index (κ2) is 4.63. The topological polar surface area (TPSA) is 61.3 Å². The van der Waals surface area contributed by atoms with Crippen LogP contribution in [0.2, 0.25) is 0 Å². The summed E-state index contributed by atoms with van der Waals surface area (Å²) in [4.78, 5) is -1.52. The Morgan fingerprint density at radius 1 is 0.591 bits per heavy atom. The number of fused-ring (bicyclic) bond motifs is 2.